The topological polar surface area (TPSA) is 19.7 Å². The molecule has 0 bridgehead atoms. The third-order valence-electron chi connectivity index (χ3n) is 2.32. The van der Waals surface area contributed by atoms with Crippen molar-refractivity contribution < 1.29 is 5.01 Å². The average molecular weight is 182 g/mol. The van der Waals surface area contributed by atoms with Gasteiger partial charge in [-0.15, -0.1) is 0 Å². The molecule has 0 spiro atoms. The fourth-order valence-electron chi connectivity index (χ4n) is 1.66. The van der Waals surface area contributed by atoms with E-state index in [1.54, 1.807) is 0 Å². The van der Waals surface area contributed by atoms with Gasteiger partial charge in [0, 0.05) is 13.1 Å². The van der Waals surface area contributed by atoms with E-state index in [4.69, 9.17) is 0 Å². The van der Waals surface area contributed by atoms with Crippen molar-refractivity contribution in [2.75, 3.05) is 39.3 Å². The summed E-state index contributed by atoms with van der Waals surface area (Å²) in [6.07, 6.45) is 3.95. The van der Waals surface area contributed by atoms with E-state index in [9.17, 15) is 0 Å². The molecule has 0 radical (unpaired) electrons. The second-order valence-electron chi connectivity index (χ2n) is 3.29. The molecule has 2 N–H and O–H groups in total. The normalized spacial score (nSPS) is 18.8. The fourth-order valence-corrected chi connectivity index (χ4v) is 1.66. The van der Waals surface area contributed by atoms with E-state index in [1.165, 1.54) is 5.01 Å². The molecule has 0 aromatic heterocycles. The molecule has 1 aliphatic rings. The van der Waals surface area contributed by atoms with Crippen LogP contribution in [-0.2, 0) is 0 Å². The van der Waals surface area contributed by atoms with Gasteiger partial charge in [-0.2, -0.15) is 5.01 Å². The minimum Gasteiger partial charge on any atom is -0.314 e. The summed E-state index contributed by atoms with van der Waals surface area (Å²) in [5.41, 5.74) is 0. The molecule has 0 aromatic rings. The molecule has 1 aliphatic heterocycles. The molecule has 74 valence electrons. The Kier molecular flexibility index (Phi) is 4.75. The highest BCUT2D eigenvalue weighted by Gasteiger charge is 2.18. The number of nitrogens with zero attached hydrogens (tertiary/aromatic N) is 1. The molecule has 0 amide bonds. The standard InChI is InChI=1S/C10H19N3/c1-3-7-12(8-4-2)13-9-5-11-6-10-13/h3-4,11H,1-2,5-10H2/p+1. The van der Waals surface area contributed by atoms with Gasteiger partial charge in [-0.3, -0.25) is 0 Å². The van der Waals surface area contributed by atoms with Gasteiger partial charge < -0.3 is 5.32 Å². The van der Waals surface area contributed by atoms with Gasteiger partial charge in [0.15, 0.2) is 0 Å². The van der Waals surface area contributed by atoms with E-state index in [0.29, 0.717) is 0 Å². The summed E-state index contributed by atoms with van der Waals surface area (Å²) in [6.45, 7) is 14.0. The first-order chi connectivity index (χ1) is 6.38. The van der Waals surface area contributed by atoms with E-state index in [-0.39, 0.29) is 0 Å². The van der Waals surface area contributed by atoms with Gasteiger partial charge in [-0.1, -0.05) is 13.2 Å². The Balaban J connectivity index is 2.40. The molecule has 1 saturated heterocycles. The van der Waals surface area contributed by atoms with Crippen molar-refractivity contribution in [3.8, 4) is 0 Å². The van der Waals surface area contributed by atoms with Crippen molar-refractivity contribution in [2.45, 2.75) is 0 Å². The number of nitrogens with one attached hydrogen (secondary N) is 2. The van der Waals surface area contributed by atoms with Gasteiger partial charge in [0.05, 0.1) is 13.1 Å². The number of quaternary nitrogens is 1. The van der Waals surface area contributed by atoms with Crippen molar-refractivity contribution in [1.29, 1.82) is 0 Å². The summed E-state index contributed by atoms with van der Waals surface area (Å²) in [4.78, 5) is 0. The molecule has 1 fully saturated rings. The number of hydrogen-bond acceptors (Lipinski definition) is 2. The van der Waals surface area contributed by atoms with Gasteiger partial charge in [-0.25, -0.2) is 5.01 Å². The monoisotopic (exact) mass is 182 g/mol. The van der Waals surface area contributed by atoms with Gasteiger partial charge in [0.1, 0.15) is 13.1 Å². The first-order valence-electron chi connectivity index (χ1n) is 4.90. The number of piperazine rings is 1. The van der Waals surface area contributed by atoms with Crippen LogP contribution in [0.4, 0.5) is 0 Å². The minimum atomic E-state index is 0.992. The van der Waals surface area contributed by atoms with Crippen LogP contribution in [0, 0.1) is 0 Å². The van der Waals surface area contributed by atoms with Crippen LogP contribution in [0.15, 0.2) is 25.3 Å². The molecular formula is C10H20N3+. The Morgan fingerprint density at radius 1 is 1.15 bits per heavy atom. The van der Waals surface area contributed by atoms with Crippen LogP contribution in [0.5, 0.6) is 0 Å². The lowest BCUT2D eigenvalue weighted by Gasteiger charge is -2.32. The Labute approximate surface area is 80.7 Å². The molecular weight excluding hydrogens is 162 g/mol. The summed E-state index contributed by atoms with van der Waals surface area (Å²) in [6, 6.07) is 0. The first kappa shape index (κ1) is 10.4. The average Bonchev–Trinajstić information content (AvgIpc) is 2.19. The maximum Gasteiger partial charge on any atom is 0.113 e. The molecule has 1 rings (SSSR count). The van der Waals surface area contributed by atoms with Crippen LogP contribution >= 0.6 is 0 Å². The van der Waals surface area contributed by atoms with Crippen LogP contribution in [-0.4, -0.2) is 44.3 Å². The maximum atomic E-state index is 3.78. The summed E-state index contributed by atoms with van der Waals surface area (Å²) in [5, 5.41) is 7.24. The highest BCUT2D eigenvalue weighted by molar-refractivity contribution is 4.69. The Morgan fingerprint density at radius 2 is 1.69 bits per heavy atom. The van der Waals surface area contributed by atoms with Gasteiger partial charge >= 0.3 is 0 Å². The molecule has 3 heteroatoms. The molecule has 3 nitrogen and oxygen atoms in total. The highest BCUT2D eigenvalue weighted by Crippen LogP contribution is 1.82. The summed E-state index contributed by atoms with van der Waals surface area (Å²) >= 11 is 0. The predicted octanol–water partition coefficient (Wildman–Crippen LogP) is -0.936. The molecule has 1 heterocycles. The molecule has 0 saturated carbocycles. The van der Waals surface area contributed by atoms with Crippen molar-refractivity contribution in [1.82, 2.24) is 10.3 Å². The number of hydrogen-bond donors (Lipinski definition) is 2. The quantitative estimate of drug-likeness (QED) is 0.535. The van der Waals surface area contributed by atoms with E-state index < -0.39 is 0 Å². The van der Waals surface area contributed by atoms with E-state index >= 15 is 0 Å². The van der Waals surface area contributed by atoms with Gasteiger partial charge in [0.2, 0.25) is 0 Å². The van der Waals surface area contributed by atoms with Crippen LogP contribution in [0.25, 0.3) is 0 Å². The lowest BCUT2D eigenvalue weighted by Crippen LogP contribution is -3.18. The fraction of sp³-hybridized carbons (Fsp3) is 0.600. The third-order valence-corrected chi connectivity index (χ3v) is 2.32. The van der Waals surface area contributed by atoms with E-state index in [0.717, 1.165) is 39.3 Å². The molecule has 0 atom stereocenters. The number of rotatable bonds is 5. The predicted molar refractivity (Wildman–Crippen MR) is 55.5 cm³/mol. The largest absolute Gasteiger partial charge is 0.314 e. The minimum absolute atomic E-state index is 0.992. The first-order valence-corrected chi connectivity index (χ1v) is 4.90. The molecule has 13 heavy (non-hydrogen) atoms. The summed E-state index contributed by atoms with van der Waals surface area (Å²) in [5.74, 6) is 0. The zero-order valence-corrected chi connectivity index (χ0v) is 8.26. The lowest BCUT2D eigenvalue weighted by molar-refractivity contribution is -1.01. The Morgan fingerprint density at radius 3 is 2.15 bits per heavy atom. The molecule has 0 aromatic carbocycles. The zero-order valence-electron chi connectivity index (χ0n) is 8.26. The third kappa shape index (κ3) is 3.30. The van der Waals surface area contributed by atoms with Crippen LogP contribution < -0.4 is 10.3 Å². The molecule has 0 unspecified atom stereocenters. The second-order valence-corrected chi connectivity index (χ2v) is 3.29. The van der Waals surface area contributed by atoms with E-state index in [1.807, 2.05) is 12.2 Å². The van der Waals surface area contributed by atoms with Gasteiger partial charge in [0.25, 0.3) is 0 Å². The van der Waals surface area contributed by atoms with Crippen LogP contribution in [0.3, 0.4) is 0 Å². The smallest absolute Gasteiger partial charge is 0.113 e. The summed E-state index contributed by atoms with van der Waals surface area (Å²) < 4.78 is 0. The lowest BCUT2D eigenvalue weighted by atomic mass is 10.4. The van der Waals surface area contributed by atoms with E-state index in [2.05, 4.69) is 23.5 Å². The van der Waals surface area contributed by atoms with Crippen molar-refractivity contribution in [3.63, 3.8) is 0 Å². The second kappa shape index (κ2) is 5.91. The van der Waals surface area contributed by atoms with Crippen LogP contribution in [0.2, 0.25) is 0 Å². The highest BCUT2D eigenvalue weighted by atomic mass is 15.6. The Hall–Kier alpha value is -0.640. The SMILES string of the molecule is C=CC[NH+](CC=C)N1CCNCC1. The van der Waals surface area contributed by atoms with Crippen molar-refractivity contribution >= 4 is 0 Å². The molecule has 0 aliphatic carbocycles. The van der Waals surface area contributed by atoms with Gasteiger partial charge in [-0.05, 0) is 12.2 Å². The van der Waals surface area contributed by atoms with Crippen molar-refractivity contribution in [3.05, 3.63) is 25.3 Å². The maximum absolute atomic E-state index is 3.78. The van der Waals surface area contributed by atoms with Crippen molar-refractivity contribution in [2.24, 2.45) is 0 Å². The summed E-state index contributed by atoms with van der Waals surface area (Å²) in [7, 11) is 0. The Bertz CT molecular complexity index is 152. The zero-order chi connectivity index (χ0) is 9.52. The van der Waals surface area contributed by atoms with Crippen LogP contribution in [0.1, 0.15) is 0 Å².